The maximum atomic E-state index is 9.54. The lowest BCUT2D eigenvalue weighted by molar-refractivity contribution is 0.400. The molecule has 0 saturated heterocycles. The molecular formula is C28H24N8O. The lowest BCUT2D eigenvalue weighted by Gasteiger charge is -2.16. The molecule has 3 aromatic heterocycles. The van der Waals surface area contributed by atoms with Gasteiger partial charge >= 0.3 is 0 Å². The molecule has 0 radical (unpaired) electrons. The second kappa shape index (κ2) is 8.81. The van der Waals surface area contributed by atoms with Gasteiger partial charge in [0.05, 0.1) is 47.0 Å². The largest absolute Gasteiger partial charge is 0.480 e. The first-order valence-corrected chi connectivity index (χ1v) is 11.5. The molecular weight excluding hydrogens is 464 g/mol. The van der Waals surface area contributed by atoms with Crippen LogP contribution in [0.4, 0.5) is 5.69 Å². The molecule has 5 aromatic rings. The predicted molar refractivity (Wildman–Crippen MR) is 142 cm³/mol. The van der Waals surface area contributed by atoms with Gasteiger partial charge in [0.2, 0.25) is 17.7 Å². The van der Waals surface area contributed by atoms with Crippen LogP contribution in [0.15, 0.2) is 65.9 Å². The second-order valence-corrected chi connectivity index (χ2v) is 9.24. The maximum absolute atomic E-state index is 9.54. The number of ether oxygens (including phenoxy) is 1. The third-order valence-electron chi connectivity index (χ3n) is 6.59. The first-order valence-electron chi connectivity index (χ1n) is 11.5. The Hall–Kier alpha value is -5.15. The van der Waals surface area contributed by atoms with Crippen molar-refractivity contribution in [1.82, 2.24) is 19.1 Å². The highest BCUT2D eigenvalue weighted by molar-refractivity contribution is 6.04. The Labute approximate surface area is 213 Å². The van der Waals surface area contributed by atoms with E-state index in [1.165, 1.54) is 7.11 Å². The summed E-state index contributed by atoms with van der Waals surface area (Å²) in [6.45, 7) is 3.76. The number of pyridine rings is 2. The van der Waals surface area contributed by atoms with E-state index in [9.17, 15) is 10.5 Å². The van der Waals surface area contributed by atoms with Crippen molar-refractivity contribution in [2.45, 2.75) is 19.3 Å². The molecule has 0 bridgehead atoms. The third kappa shape index (κ3) is 3.83. The molecule has 2 N–H and O–H groups in total. The monoisotopic (exact) mass is 488 g/mol. The van der Waals surface area contributed by atoms with E-state index < -0.39 is 5.41 Å². The average Bonchev–Trinajstić information content (AvgIpc) is 3.20. The lowest BCUT2D eigenvalue weighted by Crippen LogP contribution is -2.23. The molecule has 0 saturated carbocycles. The molecule has 3 heterocycles. The average molecular weight is 489 g/mol. The molecule has 0 spiro atoms. The number of benzene rings is 2. The summed E-state index contributed by atoms with van der Waals surface area (Å²) in [4.78, 5) is 13.1. The van der Waals surface area contributed by atoms with Crippen LogP contribution in [0.2, 0.25) is 0 Å². The van der Waals surface area contributed by atoms with Gasteiger partial charge in [-0.25, -0.2) is 4.98 Å². The Morgan fingerprint density at radius 1 is 1.00 bits per heavy atom. The summed E-state index contributed by atoms with van der Waals surface area (Å²) in [6.07, 6.45) is 5.43. The van der Waals surface area contributed by atoms with Gasteiger partial charge in [0, 0.05) is 29.9 Å². The molecule has 9 nitrogen and oxygen atoms in total. The van der Waals surface area contributed by atoms with Crippen LogP contribution in [0.3, 0.4) is 0 Å². The van der Waals surface area contributed by atoms with Gasteiger partial charge < -0.3 is 15.0 Å². The smallest absolute Gasteiger partial charge is 0.236 e. The minimum absolute atomic E-state index is 0.375. The van der Waals surface area contributed by atoms with E-state index in [0.29, 0.717) is 17.2 Å². The Morgan fingerprint density at radius 2 is 1.76 bits per heavy atom. The Bertz CT molecular complexity index is 1830. The minimum Gasteiger partial charge on any atom is -0.480 e. The fraction of sp³-hybridized carbons (Fsp3) is 0.179. The van der Waals surface area contributed by atoms with Crippen molar-refractivity contribution in [2.75, 3.05) is 12.8 Å². The number of imidazole rings is 1. The maximum Gasteiger partial charge on any atom is 0.236 e. The summed E-state index contributed by atoms with van der Waals surface area (Å²) in [5, 5.41) is 19.9. The van der Waals surface area contributed by atoms with Crippen molar-refractivity contribution >= 4 is 27.6 Å². The number of methoxy groups -OCH3 is 1. The highest BCUT2D eigenvalue weighted by Crippen LogP contribution is 2.32. The van der Waals surface area contributed by atoms with Gasteiger partial charge in [0.15, 0.2) is 0 Å². The van der Waals surface area contributed by atoms with Crippen LogP contribution in [0.1, 0.15) is 19.4 Å². The zero-order valence-electron chi connectivity index (χ0n) is 20.9. The predicted octanol–water partition coefficient (Wildman–Crippen LogP) is 4.35. The van der Waals surface area contributed by atoms with Crippen molar-refractivity contribution in [3.63, 3.8) is 0 Å². The number of anilines is 1. The fourth-order valence-corrected chi connectivity index (χ4v) is 4.49. The van der Waals surface area contributed by atoms with E-state index >= 15 is 0 Å². The number of nitrogens with zero attached hydrogens (tertiary/aromatic N) is 7. The lowest BCUT2D eigenvalue weighted by atomic mass is 9.86. The van der Waals surface area contributed by atoms with E-state index in [4.69, 9.17) is 10.5 Å². The number of hydrogen-bond donors (Lipinski definition) is 1. The normalized spacial score (nSPS) is 12.0. The van der Waals surface area contributed by atoms with E-state index in [0.717, 1.165) is 44.3 Å². The van der Waals surface area contributed by atoms with E-state index in [2.05, 4.69) is 21.0 Å². The number of nitriles is 2. The first-order chi connectivity index (χ1) is 17.8. The molecule has 37 heavy (non-hydrogen) atoms. The Kier molecular flexibility index (Phi) is 5.62. The van der Waals surface area contributed by atoms with Crippen LogP contribution in [0.25, 0.3) is 38.8 Å². The number of hydrogen-bond acceptors (Lipinski definition) is 7. The molecule has 5 rings (SSSR count). The summed E-state index contributed by atoms with van der Waals surface area (Å²) in [5.74, 6) is 0.375. The number of fused-ring (bicyclic) bond motifs is 3. The number of rotatable bonds is 4. The van der Waals surface area contributed by atoms with Crippen molar-refractivity contribution in [3.8, 4) is 35.0 Å². The molecule has 9 heteroatoms. The van der Waals surface area contributed by atoms with Crippen LogP contribution >= 0.6 is 0 Å². The van der Waals surface area contributed by atoms with Gasteiger partial charge in [-0.15, -0.1) is 4.99 Å². The van der Waals surface area contributed by atoms with E-state index in [-0.39, 0.29) is 0 Å². The zero-order valence-corrected chi connectivity index (χ0v) is 20.9. The van der Waals surface area contributed by atoms with E-state index in [1.54, 1.807) is 12.4 Å². The van der Waals surface area contributed by atoms with Crippen LogP contribution in [0, 0.1) is 22.8 Å². The standard InChI is InChI=1S/C28H24N8O/c1-28(2,15-29)19-6-8-20(9-7-19)36-25-21-11-17(18-12-22(31)26(37-4)33-13-18)5-10-23(21)32-14-24(25)35(3)27(36)34-16-30/h5-14H,31H2,1-4H3. The quantitative estimate of drug-likeness (QED) is 0.374. The summed E-state index contributed by atoms with van der Waals surface area (Å²) in [5.41, 5.74) is 12.3. The number of aromatic nitrogens is 4. The highest BCUT2D eigenvalue weighted by Gasteiger charge is 2.21. The molecule has 2 aromatic carbocycles. The SMILES string of the molecule is COc1ncc(-c2ccc3ncc4c(c3c2)n(-c2ccc(C(C)(C)C#N)cc2)c(=NC#N)n4C)cc1N. The number of nitrogens with two attached hydrogens (primary N) is 1. The summed E-state index contributed by atoms with van der Waals surface area (Å²) >= 11 is 0. The Morgan fingerprint density at radius 3 is 2.41 bits per heavy atom. The molecule has 0 aliphatic rings. The molecule has 0 unspecified atom stereocenters. The van der Waals surface area contributed by atoms with Crippen LogP contribution in [-0.2, 0) is 12.5 Å². The number of nitrogen functional groups attached to an aromatic ring is 1. The summed E-state index contributed by atoms with van der Waals surface area (Å²) in [6, 6.07) is 17.9. The van der Waals surface area contributed by atoms with Crippen molar-refractivity contribution in [1.29, 1.82) is 10.5 Å². The van der Waals surface area contributed by atoms with Gasteiger partial charge in [0.25, 0.3) is 0 Å². The molecule has 182 valence electrons. The molecule has 0 aliphatic carbocycles. The minimum atomic E-state index is -0.623. The summed E-state index contributed by atoms with van der Waals surface area (Å²) in [7, 11) is 3.39. The topological polar surface area (TPSA) is 131 Å². The van der Waals surface area contributed by atoms with Crippen molar-refractivity contribution < 1.29 is 4.74 Å². The Balaban J connectivity index is 1.82. The highest BCUT2D eigenvalue weighted by atomic mass is 16.5. The summed E-state index contributed by atoms with van der Waals surface area (Å²) < 4.78 is 8.98. The van der Waals surface area contributed by atoms with Gasteiger partial charge in [-0.3, -0.25) is 9.55 Å². The van der Waals surface area contributed by atoms with E-state index in [1.807, 2.05) is 84.8 Å². The van der Waals surface area contributed by atoms with Crippen LogP contribution in [0.5, 0.6) is 5.88 Å². The van der Waals surface area contributed by atoms with Crippen molar-refractivity contribution in [3.05, 3.63) is 72.1 Å². The van der Waals surface area contributed by atoms with Gasteiger partial charge in [-0.05, 0) is 55.3 Å². The molecule has 0 amide bonds. The molecule has 0 aliphatic heterocycles. The first kappa shape index (κ1) is 23.6. The van der Waals surface area contributed by atoms with Crippen LogP contribution in [-0.4, -0.2) is 26.2 Å². The third-order valence-corrected chi connectivity index (χ3v) is 6.59. The molecule has 0 atom stereocenters. The van der Waals surface area contributed by atoms with Gasteiger partial charge in [0.1, 0.15) is 0 Å². The van der Waals surface area contributed by atoms with Crippen molar-refractivity contribution in [2.24, 2.45) is 12.0 Å². The number of aryl methyl sites for hydroxylation is 1. The second-order valence-electron chi connectivity index (χ2n) is 9.24. The van der Waals surface area contributed by atoms with Gasteiger partial charge in [-0.2, -0.15) is 10.5 Å². The van der Waals surface area contributed by atoms with Crippen LogP contribution < -0.4 is 16.1 Å². The zero-order chi connectivity index (χ0) is 26.3. The van der Waals surface area contributed by atoms with Gasteiger partial charge in [-0.1, -0.05) is 18.2 Å². The molecule has 0 fully saturated rings. The fourth-order valence-electron chi connectivity index (χ4n) is 4.49.